The Labute approximate surface area is 146 Å². The van der Waals surface area contributed by atoms with Crippen LogP contribution in [-0.2, 0) is 16.0 Å². The number of nitrogens with zero attached hydrogens (tertiary/aromatic N) is 1. The summed E-state index contributed by atoms with van der Waals surface area (Å²) in [6.07, 6.45) is 0.723. The number of amides is 2. The SMILES string of the molecule is COc1ccccc1CCC(=O)Nc1ccc(NC(=O)CC#N)cc1. The first kappa shape index (κ1) is 18.0. The van der Waals surface area contributed by atoms with Crippen LogP contribution in [0.5, 0.6) is 5.75 Å². The van der Waals surface area contributed by atoms with Gasteiger partial charge in [0, 0.05) is 17.8 Å². The fourth-order valence-electron chi connectivity index (χ4n) is 2.30. The molecular weight excluding hydrogens is 318 g/mol. The molecular formula is C19H19N3O3. The van der Waals surface area contributed by atoms with Gasteiger partial charge in [-0.3, -0.25) is 9.59 Å². The van der Waals surface area contributed by atoms with Gasteiger partial charge < -0.3 is 15.4 Å². The topological polar surface area (TPSA) is 91.2 Å². The molecule has 2 amide bonds. The fraction of sp³-hybridized carbons (Fsp3) is 0.211. The smallest absolute Gasteiger partial charge is 0.238 e. The molecule has 6 nitrogen and oxygen atoms in total. The Kier molecular flexibility index (Phi) is 6.55. The largest absolute Gasteiger partial charge is 0.496 e. The number of hydrogen-bond donors (Lipinski definition) is 2. The average Bonchev–Trinajstić information content (AvgIpc) is 2.62. The summed E-state index contributed by atoms with van der Waals surface area (Å²) in [6.45, 7) is 0. The maximum atomic E-state index is 12.1. The number of aryl methyl sites for hydroxylation is 1. The van der Waals surface area contributed by atoms with E-state index < -0.39 is 0 Å². The van der Waals surface area contributed by atoms with Gasteiger partial charge in [0.05, 0.1) is 13.2 Å². The van der Waals surface area contributed by atoms with Crippen molar-refractivity contribution in [3.8, 4) is 11.8 Å². The number of anilines is 2. The van der Waals surface area contributed by atoms with Crippen LogP contribution in [0.4, 0.5) is 11.4 Å². The van der Waals surface area contributed by atoms with Crippen LogP contribution in [0, 0.1) is 11.3 Å². The van der Waals surface area contributed by atoms with Crippen molar-refractivity contribution in [1.82, 2.24) is 0 Å². The second-order valence-electron chi connectivity index (χ2n) is 5.32. The summed E-state index contributed by atoms with van der Waals surface area (Å²) >= 11 is 0. The molecule has 25 heavy (non-hydrogen) atoms. The quantitative estimate of drug-likeness (QED) is 0.812. The van der Waals surface area contributed by atoms with E-state index >= 15 is 0 Å². The minimum absolute atomic E-state index is 0.104. The lowest BCUT2D eigenvalue weighted by Gasteiger charge is -2.09. The van der Waals surface area contributed by atoms with E-state index in [9.17, 15) is 9.59 Å². The van der Waals surface area contributed by atoms with Crippen molar-refractivity contribution < 1.29 is 14.3 Å². The van der Waals surface area contributed by atoms with E-state index in [4.69, 9.17) is 10.00 Å². The summed E-state index contributed by atoms with van der Waals surface area (Å²) < 4.78 is 5.27. The molecule has 2 aromatic rings. The highest BCUT2D eigenvalue weighted by molar-refractivity contribution is 5.93. The number of carbonyl (C=O) groups is 2. The predicted octanol–water partition coefficient (Wildman–Crippen LogP) is 3.12. The molecule has 0 radical (unpaired) electrons. The summed E-state index contributed by atoms with van der Waals surface area (Å²) in [7, 11) is 1.61. The number of para-hydroxylation sites is 1. The zero-order valence-corrected chi connectivity index (χ0v) is 13.9. The third kappa shape index (κ3) is 5.66. The van der Waals surface area contributed by atoms with Gasteiger partial charge in [0.2, 0.25) is 11.8 Å². The van der Waals surface area contributed by atoms with E-state index in [0.717, 1.165) is 11.3 Å². The minimum Gasteiger partial charge on any atom is -0.496 e. The molecule has 0 aliphatic rings. The van der Waals surface area contributed by atoms with E-state index in [1.165, 1.54) is 0 Å². The van der Waals surface area contributed by atoms with Gasteiger partial charge in [-0.2, -0.15) is 5.26 Å². The zero-order valence-electron chi connectivity index (χ0n) is 13.9. The third-order valence-corrected chi connectivity index (χ3v) is 3.51. The first-order valence-corrected chi connectivity index (χ1v) is 7.81. The molecule has 0 unspecified atom stereocenters. The summed E-state index contributed by atoms with van der Waals surface area (Å²) in [5.41, 5.74) is 2.20. The lowest BCUT2D eigenvalue weighted by molar-refractivity contribution is -0.116. The molecule has 0 aliphatic carbocycles. The van der Waals surface area contributed by atoms with Crippen molar-refractivity contribution in [2.75, 3.05) is 17.7 Å². The van der Waals surface area contributed by atoms with Crippen molar-refractivity contribution in [3.63, 3.8) is 0 Å². The highest BCUT2D eigenvalue weighted by Crippen LogP contribution is 2.19. The van der Waals surface area contributed by atoms with Crippen molar-refractivity contribution in [1.29, 1.82) is 5.26 Å². The van der Waals surface area contributed by atoms with Gasteiger partial charge in [-0.15, -0.1) is 0 Å². The number of carbonyl (C=O) groups excluding carboxylic acids is 2. The summed E-state index contributed by atoms with van der Waals surface area (Å²) in [5, 5.41) is 13.9. The monoisotopic (exact) mass is 337 g/mol. The number of nitriles is 1. The van der Waals surface area contributed by atoms with Crippen molar-refractivity contribution in [2.24, 2.45) is 0 Å². The molecule has 0 atom stereocenters. The van der Waals surface area contributed by atoms with Crippen LogP contribution in [0.3, 0.4) is 0 Å². The van der Waals surface area contributed by atoms with E-state index in [1.54, 1.807) is 37.4 Å². The van der Waals surface area contributed by atoms with Crippen LogP contribution < -0.4 is 15.4 Å². The predicted molar refractivity (Wildman–Crippen MR) is 95.2 cm³/mol. The first-order valence-electron chi connectivity index (χ1n) is 7.81. The molecule has 0 saturated carbocycles. The molecule has 2 N–H and O–H groups in total. The number of hydrogen-bond acceptors (Lipinski definition) is 4. The second kappa shape index (κ2) is 9.08. The van der Waals surface area contributed by atoms with E-state index in [1.807, 2.05) is 24.3 Å². The lowest BCUT2D eigenvalue weighted by Crippen LogP contribution is -2.13. The van der Waals surface area contributed by atoms with Gasteiger partial charge >= 0.3 is 0 Å². The number of rotatable bonds is 7. The number of nitrogens with one attached hydrogen (secondary N) is 2. The Morgan fingerprint density at radius 3 is 2.20 bits per heavy atom. The molecule has 0 bridgehead atoms. The maximum Gasteiger partial charge on any atom is 0.238 e. The Bertz CT molecular complexity index is 779. The lowest BCUT2D eigenvalue weighted by atomic mass is 10.1. The number of methoxy groups -OCH3 is 1. The maximum absolute atomic E-state index is 12.1. The van der Waals surface area contributed by atoms with Gasteiger partial charge in [-0.1, -0.05) is 18.2 Å². The number of benzene rings is 2. The molecule has 0 aliphatic heterocycles. The highest BCUT2D eigenvalue weighted by atomic mass is 16.5. The van der Waals surface area contributed by atoms with Crippen LogP contribution >= 0.6 is 0 Å². The van der Waals surface area contributed by atoms with E-state index in [2.05, 4.69) is 10.6 Å². The summed E-state index contributed by atoms with van der Waals surface area (Å²) in [5.74, 6) is 0.302. The Balaban J connectivity index is 1.86. The van der Waals surface area contributed by atoms with E-state index in [-0.39, 0.29) is 18.2 Å². The molecule has 0 aromatic heterocycles. The molecule has 0 saturated heterocycles. The van der Waals surface area contributed by atoms with Crippen molar-refractivity contribution >= 4 is 23.2 Å². The van der Waals surface area contributed by atoms with E-state index in [0.29, 0.717) is 24.2 Å². The Morgan fingerprint density at radius 1 is 1.00 bits per heavy atom. The summed E-state index contributed by atoms with van der Waals surface area (Å²) in [6, 6.07) is 16.1. The van der Waals surface area contributed by atoms with Crippen LogP contribution in [0.2, 0.25) is 0 Å². The molecule has 2 rings (SSSR count). The van der Waals surface area contributed by atoms with Crippen LogP contribution in [0.1, 0.15) is 18.4 Å². The second-order valence-corrected chi connectivity index (χ2v) is 5.32. The van der Waals surface area contributed by atoms with Crippen LogP contribution in [-0.4, -0.2) is 18.9 Å². The Hall–Kier alpha value is -3.33. The molecule has 128 valence electrons. The molecule has 0 fully saturated rings. The molecule has 0 spiro atoms. The molecule has 0 heterocycles. The zero-order chi connectivity index (χ0) is 18.1. The van der Waals surface area contributed by atoms with Crippen molar-refractivity contribution in [2.45, 2.75) is 19.3 Å². The highest BCUT2D eigenvalue weighted by Gasteiger charge is 2.07. The van der Waals surface area contributed by atoms with Gasteiger partial charge in [-0.05, 0) is 42.3 Å². The molecule has 2 aromatic carbocycles. The Morgan fingerprint density at radius 2 is 1.60 bits per heavy atom. The third-order valence-electron chi connectivity index (χ3n) is 3.51. The standard InChI is InChI=1S/C19H19N3O3/c1-25-17-5-3-2-4-14(17)6-11-18(23)21-15-7-9-16(10-8-15)22-19(24)12-13-20/h2-5,7-10H,6,11-12H2,1H3,(H,21,23)(H,22,24). The normalized spacial score (nSPS) is 9.76. The van der Waals surface area contributed by atoms with Gasteiger partial charge in [0.1, 0.15) is 12.2 Å². The van der Waals surface area contributed by atoms with Crippen molar-refractivity contribution in [3.05, 3.63) is 54.1 Å². The van der Waals surface area contributed by atoms with Gasteiger partial charge in [0.25, 0.3) is 0 Å². The van der Waals surface area contributed by atoms with Crippen LogP contribution in [0.25, 0.3) is 0 Å². The van der Waals surface area contributed by atoms with Crippen LogP contribution in [0.15, 0.2) is 48.5 Å². The minimum atomic E-state index is -0.365. The van der Waals surface area contributed by atoms with Gasteiger partial charge in [-0.25, -0.2) is 0 Å². The van der Waals surface area contributed by atoms with Gasteiger partial charge in [0.15, 0.2) is 0 Å². The average molecular weight is 337 g/mol. The number of ether oxygens (including phenoxy) is 1. The summed E-state index contributed by atoms with van der Waals surface area (Å²) in [4.78, 5) is 23.4. The fourth-order valence-corrected chi connectivity index (χ4v) is 2.30. The molecule has 6 heteroatoms. The first-order chi connectivity index (χ1) is 12.1.